The van der Waals surface area contributed by atoms with Crippen LogP contribution < -0.4 is 5.32 Å². The molecule has 0 aliphatic carbocycles. The Balaban J connectivity index is 0.00000300. The van der Waals surface area contributed by atoms with E-state index in [0.29, 0.717) is 50.0 Å². The van der Waals surface area contributed by atoms with Gasteiger partial charge in [-0.25, -0.2) is 4.99 Å². The van der Waals surface area contributed by atoms with Crippen molar-refractivity contribution in [2.75, 3.05) is 32.7 Å². The minimum absolute atomic E-state index is 0. The average molecular weight is 513 g/mol. The number of rotatable bonds is 5. The number of piperazine rings is 1. The number of furan rings is 1. The van der Waals surface area contributed by atoms with Crippen LogP contribution in [0.5, 0.6) is 0 Å². The minimum atomic E-state index is -0.392. The smallest absolute Gasteiger partial charge is 0.289 e. The number of para-hydroxylation sites is 1. The van der Waals surface area contributed by atoms with Crippen molar-refractivity contribution in [1.29, 1.82) is 0 Å². The number of aliphatic imine (C=N–C) groups is 1. The molecule has 1 aliphatic rings. The fraction of sp³-hybridized carbons (Fsp3) is 0.368. The summed E-state index contributed by atoms with van der Waals surface area (Å²) in [5.74, 6) is 0.905. The molecule has 2 aromatic rings. The van der Waals surface area contributed by atoms with Crippen LogP contribution in [0.3, 0.4) is 0 Å². The molecule has 0 saturated carbocycles. The van der Waals surface area contributed by atoms with Crippen molar-refractivity contribution >= 4 is 41.5 Å². The molecule has 10 heteroatoms. The summed E-state index contributed by atoms with van der Waals surface area (Å²) in [5, 5.41) is 14.4. The highest BCUT2D eigenvalue weighted by Crippen LogP contribution is 2.18. The number of nitro groups is 1. The summed E-state index contributed by atoms with van der Waals surface area (Å²) in [6, 6.07) is 9.97. The first-order valence-electron chi connectivity index (χ1n) is 9.18. The van der Waals surface area contributed by atoms with Crippen LogP contribution in [0, 0.1) is 10.1 Å². The Labute approximate surface area is 185 Å². The predicted octanol–water partition coefficient (Wildman–Crippen LogP) is 2.73. The summed E-state index contributed by atoms with van der Waals surface area (Å²) < 4.78 is 5.18. The van der Waals surface area contributed by atoms with Gasteiger partial charge in [0.1, 0.15) is 0 Å². The molecule has 1 saturated heterocycles. The average Bonchev–Trinajstić information content (AvgIpc) is 3.26. The third-order valence-corrected chi connectivity index (χ3v) is 4.52. The molecule has 2 heterocycles. The summed E-state index contributed by atoms with van der Waals surface area (Å²) in [5.41, 5.74) is 0.630. The van der Waals surface area contributed by atoms with E-state index in [9.17, 15) is 14.9 Å². The second-order valence-electron chi connectivity index (χ2n) is 6.31. The minimum Gasteiger partial charge on any atom is -0.459 e. The van der Waals surface area contributed by atoms with Crippen LogP contribution >= 0.6 is 24.0 Å². The number of benzene rings is 1. The van der Waals surface area contributed by atoms with Gasteiger partial charge in [-0.05, 0) is 19.1 Å². The number of hydrogen-bond donors (Lipinski definition) is 1. The molecule has 0 radical (unpaired) electrons. The van der Waals surface area contributed by atoms with Crippen LogP contribution in [0.25, 0.3) is 0 Å². The van der Waals surface area contributed by atoms with Gasteiger partial charge >= 0.3 is 0 Å². The highest BCUT2D eigenvalue weighted by molar-refractivity contribution is 14.0. The number of carbonyl (C=O) groups excluding carboxylic acids is 1. The van der Waals surface area contributed by atoms with Gasteiger partial charge in [-0.3, -0.25) is 14.9 Å². The second-order valence-corrected chi connectivity index (χ2v) is 6.31. The van der Waals surface area contributed by atoms with Crippen molar-refractivity contribution in [3.05, 3.63) is 64.1 Å². The maximum atomic E-state index is 12.4. The highest BCUT2D eigenvalue weighted by atomic mass is 127. The number of amides is 1. The van der Waals surface area contributed by atoms with E-state index in [0.717, 1.165) is 0 Å². The lowest BCUT2D eigenvalue weighted by molar-refractivity contribution is -0.385. The fourth-order valence-electron chi connectivity index (χ4n) is 3.09. The Bertz CT molecular complexity index is 848. The quantitative estimate of drug-likeness (QED) is 0.217. The Hall–Kier alpha value is -2.63. The first kappa shape index (κ1) is 22.7. The number of nitrogens with zero attached hydrogens (tertiary/aromatic N) is 4. The fourth-order valence-corrected chi connectivity index (χ4v) is 3.09. The third-order valence-electron chi connectivity index (χ3n) is 4.52. The van der Waals surface area contributed by atoms with Gasteiger partial charge in [0.25, 0.3) is 11.6 Å². The molecule has 156 valence electrons. The molecule has 0 atom stereocenters. The number of nitro benzene ring substituents is 1. The van der Waals surface area contributed by atoms with E-state index >= 15 is 0 Å². The molecule has 1 aromatic carbocycles. The number of nitrogens with one attached hydrogen (secondary N) is 1. The first-order valence-corrected chi connectivity index (χ1v) is 9.18. The van der Waals surface area contributed by atoms with Crippen molar-refractivity contribution in [3.63, 3.8) is 0 Å². The molecule has 0 spiro atoms. The van der Waals surface area contributed by atoms with E-state index in [1.807, 2.05) is 6.92 Å². The Kier molecular flexibility index (Phi) is 8.43. The third kappa shape index (κ3) is 5.68. The molecule has 1 aromatic heterocycles. The van der Waals surface area contributed by atoms with Crippen molar-refractivity contribution in [1.82, 2.24) is 15.1 Å². The molecule has 29 heavy (non-hydrogen) atoms. The van der Waals surface area contributed by atoms with Crippen molar-refractivity contribution in [2.45, 2.75) is 13.5 Å². The van der Waals surface area contributed by atoms with Gasteiger partial charge in [0.2, 0.25) is 0 Å². The van der Waals surface area contributed by atoms with Gasteiger partial charge in [-0.15, -0.1) is 24.0 Å². The summed E-state index contributed by atoms with van der Waals surface area (Å²) in [7, 11) is 0. The van der Waals surface area contributed by atoms with E-state index < -0.39 is 4.92 Å². The van der Waals surface area contributed by atoms with Crippen LogP contribution in [-0.2, 0) is 6.54 Å². The van der Waals surface area contributed by atoms with Crippen LogP contribution in [-0.4, -0.2) is 59.3 Å². The largest absolute Gasteiger partial charge is 0.459 e. The van der Waals surface area contributed by atoms with E-state index in [1.54, 1.807) is 35.2 Å². The SMILES string of the molecule is CCNC(=NCc1ccccc1[N+](=O)[O-])N1CCN(C(=O)c2ccco2)CC1.I. The van der Waals surface area contributed by atoms with Gasteiger partial charge in [-0.1, -0.05) is 18.2 Å². The first-order chi connectivity index (χ1) is 13.6. The van der Waals surface area contributed by atoms with Gasteiger partial charge in [0, 0.05) is 38.8 Å². The molecule has 1 amide bonds. The molecule has 3 rings (SSSR count). The Morgan fingerprint density at radius 1 is 1.17 bits per heavy atom. The number of halogens is 1. The zero-order chi connectivity index (χ0) is 19.9. The van der Waals surface area contributed by atoms with Crippen LogP contribution in [0.15, 0.2) is 52.1 Å². The molecule has 0 bridgehead atoms. The standard InChI is InChI=1S/C19H23N5O4.HI/c1-2-20-19(21-14-15-6-3-4-7-16(15)24(26)27)23-11-9-22(10-12-23)18(25)17-8-5-13-28-17;/h3-8,13H,2,9-12,14H2,1H3,(H,20,21);1H. The molecular formula is C19H24IN5O4. The number of guanidine groups is 1. The van der Waals surface area contributed by atoms with E-state index in [-0.39, 0.29) is 42.1 Å². The molecule has 0 unspecified atom stereocenters. The number of hydrogen-bond acceptors (Lipinski definition) is 5. The maximum Gasteiger partial charge on any atom is 0.289 e. The van der Waals surface area contributed by atoms with Crippen molar-refractivity contribution in [2.24, 2.45) is 4.99 Å². The summed E-state index contributed by atoms with van der Waals surface area (Å²) >= 11 is 0. The lowest BCUT2D eigenvalue weighted by Crippen LogP contribution is -2.53. The summed E-state index contributed by atoms with van der Waals surface area (Å²) in [6.45, 7) is 5.21. The topological polar surface area (TPSA) is 104 Å². The van der Waals surface area contributed by atoms with E-state index in [1.165, 1.54) is 12.3 Å². The number of carbonyl (C=O) groups is 1. The van der Waals surface area contributed by atoms with Crippen LogP contribution in [0.2, 0.25) is 0 Å². The van der Waals surface area contributed by atoms with Gasteiger partial charge < -0.3 is 19.5 Å². The molecular weight excluding hydrogens is 489 g/mol. The Morgan fingerprint density at radius 3 is 2.48 bits per heavy atom. The molecule has 1 N–H and O–H groups in total. The summed E-state index contributed by atoms with van der Waals surface area (Å²) in [6.07, 6.45) is 1.49. The monoisotopic (exact) mass is 513 g/mol. The zero-order valence-corrected chi connectivity index (χ0v) is 18.4. The molecule has 9 nitrogen and oxygen atoms in total. The lowest BCUT2D eigenvalue weighted by atomic mass is 10.2. The van der Waals surface area contributed by atoms with Gasteiger partial charge in [0.15, 0.2) is 11.7 Å². The van der Waals surface area contributed by atoms with Crippen molar-refractivity contribution < 1.29 is 14.1 Å². The van der Waals surface area contributed by atoms with Crippen LogP contribution in [0.4, 0.5) is 5.69 Å². The van der Waals surface area contributed by atoms with E-state index in [4.69, 9.17) is 4.42 Å². The normalized spacial score (nSPS) is 14.3. The second kappa shape index (κ2) is 10.8. The highest BCUT2D eigenvalue weighted by Gasteiger charge is 2.25. The maximum absolute atomic E-state index is 12.4. The lowest BCUT2D eigenvalue weighted by Gasteiger charge is -2.36. The molecule has 1 fully saturated rings. The van der Waals surface area contributed by atoms with Crippen molar-refractivity contribution in [3.8, 4) is 0 Å². The predicted molar refractivity (Wildman–Crippen MR) is 120 cm³/mol. The zero-order valence-electron chi connectivity index (χ0n) is 16.1. The summed E-state index contributed by atoms with van der Waals surface area (Å²) in [4.78, 5) is 31.6. The van der Waals surface area contributed by atoms with Gasteiger partial charge in [-0.2, -0.15) is 0 Å². The Morgan fingerprint density at radius 2 is 1.86 bits per heavy atom. The molecule has 1 aliphatic heterocycles. The van der Waals surface area contributed by atoms with E-state index in [2.05, 4.69) is 15.2 Å². The van der Waals surface area contributed by atoms with Crippen LogP contribution in [0.1, 0.15) is 23.0 Å². The van der Waals surface area contributed by atoms with Gasteiger partial charge in [0.05, 0.1) is 23.3 Å².